The number of ether oxygens (including phenoxy) is 1. The van der Waals surface area contributed by atoms with Crippen LogP contribution in [0.3, 0.4) is 0 Å². The number of nitrogens with zero attached hydrogens (tertiary/aromatic N) is 2. The van der Waals surface area contributed by atoms with E-state index < -0.39 is 24.6 Å². The molecule has 2 N–H and O–H groups in total. The van der Waals surface area contributed by atoms with E-state index in [4.69, 9.17) is 5.73 Å². The Kier molecular flexibility index (Phi) is 7.26. The SMILES string of the molecule is C.COC(=O)[C@@H](N)Cc1cn(CCCC(F)(F)F)cn1. The van der Waals surface area contributed by atoms with Gasteiger partial charge in [-0.15, -0.1) is 0 Å². The predicted octanol–water partition coefficient (Wildman–Crippen LogP) is 1.90. The molecule has 0 unspecified atom stereocenters. The lowest BCUT2D eigenvalue weighted by Gasteiger charge is -2.07. The summed E-state index contributed by atoms with van der Waals surface area (Å²) in [6.07, 6.45) is -1.78. The van der Waals surface area contributed by atoms with Gasteiger partial charge in [-0.25, -0.2) is 4.98 Å². The quantitative estimate of drug-likeness (QED) is 0.814. The monoisotopic (exact) mass is 295 g/mol. The maximum Gasteiger partial charge on any atom is 0.389 e. The normalized spacial score (nSPS) is 12.7. The second kappa shape index (κ2) is 7.88. The Labute approximate surface area is 115 Å². The molecule has 0 aliphatic carbocycles. The Balaban J connectivity index is 0.00000361. The van der Waals surface area contributed by atoms with Gasteiger partial charge in [0.1, 0.15) is 6.04 Å². The van der Waals surface area contributed by atoms with E-state index in [2.05, 4.69) is 9.72 Å². The van der Waals surface area contributed by atoms with Crippen molar-refractivity contribution < 1.29 is 22.7 Å². The fourth-order valence-corrected chi connectivity index (χ4v) is 1.56. The van der Waals surface area contributed by atoms with Crippen molar-refractivity contribution in [1.29, 1.82) is 0 Å². The van der Waals surface area contributed by atoms with Gasteiger partial charge in [-0.2, -0.15) is 13.2 Å². The second-order valence-electron chi connectivity index (χ2n) is 4.16. The van der Waals surface area contributed by atoms with Gasteiger partial charge < -0.3 is 15.0 Å². The van der Waals surface area contributed by atoms with Crippen LogP contribution in [-0.4, -0.2) is 34.8 Å². The Hall–Kier alpha value is -1.57. The first-order valence-electron chi connectivity index (χ1n) is 5.72. The lowest BCUT2D eigenvalue weighted by Crippen LogP contribution is -2.33. The summed E-state index contributed by atoms with van der Waals surface area (Å²) in [4.78, 5) is 15.1. The number of rotatable bonds is 6. The molecule has 1 heterocycles. The lowest BCUT2D eigenvalue weighted by atomic mass is 10.2. The van der Waals surface area contributed by atoms with Gasteiger partial charge in [0.25, 0.3) is 0 Å². The molecule has 0 bridgehead atoms. The average Bonchev–Trinajstić information content (AvgIpc) is 2.74. The third-order valence-corrected chi connectivity index (χ3v) is 2.50. The number of aryl methyl sites for hydroxylation is 1. The number of hydrogen-bond acceptors (Lipinski definition) is 4. The Morgan fingerprint density at radius 3 is 2.75 bits per heavy atom. The molecule has 116 valence electrons. The van der Waals surface area contributed by atoms with Gasteiger partial charge in [-0.3, -0.25) is 4.79 Å². The van der Waals surface area contributed by atoms with Crippen LogP contribution in [0.5, 0.6) is 0 Å². The second-order valence-corrected chi connectivity index (χ2v) is 4.16. The van der Waals surface area contributed by atoms with Gasteiger partial charge in [-0.1, -0.05) is 7.43 Å². The number of carbonyl (C=O) groups is 1. The molecule has 0 spiro atoms. The Morgan fingerprint density at radius 1 is 1.55 bits per heavy atom. The number of alkyl halides is 3. The maximum atomic E-state index is 12.0. The van der Waals surface area contributed by atoms with E-state index >= 15 is 0 Å². The molecule has 0 saturated carbocycles. The van der Waals surface area contributed by atoms with Crippen molar-refractivity contribution in [2.24, 2.45) is 5.73 Å². The molecule has 1 aromatic heterocycles. The summed E-state index contributed by atoms with van der Waals surface area (Å²) < 4.78 is 41.9. The van der Waals surface area contributed by atoms with Gasteiger partial charge in [0.2, 0.25) is 0 Å². The summed E-state index contributed by atoms with van der Waals surface area (Å²) in [7, 11) is 1.23. The highest BCUT2D eigenvalue weighted by Gasteiger charge is 2.26. The van der Waals surface area contributed by atoms with E-state index in [1.54, 1.807) is 10.8 Å². The van der Waals surface area contributed by atoms with Gasteiger partial charge >= 0.3 is 12.1 Å². The van der Waals surface area contributed by atoms with Crippen LogP contribution in [0.2, 0.25) is 0 Å². The number of methoxy groups -OCH3 is 1. The van der Waals surface area contributed by atoms with Crippen molar-refractivity contribution in [3.8, 4) is 0 Å². The molecule has 1 rings (SSSR count). The molecular weight excluding hydrogens is 275 g/mol. The Morgan fingerprint density at radius 2 is 2.20 bits per heavy atom. The van der Waals surface area contributed by atoms with Crippen molar-refractivity contribution >= 4 is 5.97 Å². The number of carbonyl (C=O) groups excluding carboxylic acids is 1. The van der Waals surface area contributed by atoms with Gasteiger partial charge in [0, 0.05) is 25.6 Å². The minimum absolute atomic E-state index is 0. The number of nitrogens with two attached hydrogens (primary N) is 1. The number of aromatic nitrogens is 2. The molecule has 20 heavy (non-hydrogen) atoms. The van der Waals surface area contributed by atoms with E-state index in [1.165, 1.54) is 13.4 Å². The Bertz CT molecular complexity index is 418. The lowest BCUT2D eigenvalue weighted by molar-refractivity contribution is -0.142. The minimum atomic E-state index is -4.14. The predicted molar refractivity (Wildman–Crippen MR) is 67.9 cm³/mol. The minimum Gasteiger partial charge on any atom is -0.468 e. The van der Waals surface area contributed by atoms with Crippen LogP contribution in [0.25, 0.3) is 0 Å². The van der Waals surface area contributed by atoms with Crippen LogP contribution in [0.15, 0.2) is 12.5 Å². The highest BCUT2D eigenvalue weighted by atomic mass is 19.4. The summed E-state index contributed by atoms with van der Waals surface area (Å²) in [6.45, 7) is 0.222. The van der Waals surface area contributed by atoms with Crippen LogP contribution in [-0.2, 0) is 22.5 Å². The van der Waals surface area contributed by atoms with E-state index in [-0.39, 0.29) is 26.8 Å². The number of halogens is 3. The fraction of sp³-hybridized carbons (Fsp3) is 0.667. The zero-order valence-corrected chi connectivity index (χ0v) is 10.5. The summed E-state index contributed by atoms with van der Waals surface area (Å²) in [5.74, 6) is -0.549. The zero-order chi connectivity index (χ0) is 14.5. The van der Waals surface area contributed by atoms with E-state index in [0.717, 1.165) is 0 Å². The van der Waals surface area contributed by atoms with E-state index in [0.29, 0.717) is 5.69 Å². The van der Waals surface area contributed by atoms with Crippen LogP contribution in [0.4, 0.5) is 13.2 Å². The molecule has 1 aromatic rings. The van der Waals surface area contributed by atoms with Crippen LogP contribution >= 0.6 is 0 Å². The topological polar surface area (TPSA) is 70.1 Å². The standard InChI is InChI=1S/C11H16F3N3O2.CH4/c1-19-10(18)9(15)5-8-6-17(7-16-8)4-2-3-11(12,13)14;/h6-7,9H,2-5,15H2,1H3;1H4/t9-;/m0./s1. The molecule has 0 amide bonds. The first kappa shape index (κ1) is 18.4. The van der Waals surface area contributed by atoms with Gasteiger partial charge in [0.05, 0.1) is 19.1 Å². The molecule has 0 fully saturated rings. The summed E-state index contributed by atoms with van der Waals surface area (Å²) >= 11 is 0. The molecule has 8 heteroatoms. The van der Waals surface area contributed by atoms with Crippen molar-refractivity contribution in [1.82, 2.24) is 9.55 Å². The molecule has 0 aliphatic rings. The molecule has 5 nitrogen and oxygen atoms in total. The summed E-state index contributed by atoms with van der Waals surface area (Å²) in [5.41, 5.74) is 6.10. The highest BCUT2D eigenvalue weighted by molar-refractivity contribution is 5.75. The third-order valence-electron chi connectivity index (χ3n) is 2.50. The smallest absolute Gasteiger partial charge is 0.389 e. The van der Waals surface area contributed by atoms with Crippen molar-refractivity contribution in [3.63, 3.8) is 0 Å². The van der Waals surface area contributed by atoms with Crippen LogP contribution in [0.1, 0.15) is 26.0 Å². The van der Waals surface area contributed by atoms with Crippen LogP contribution in [0, 0.1) is 0 Å². The average molecular weight is 295 g/mol. The third kappa shape index (κ3) is 6.55. The van der Waals surface area contributed by atoms with E-state index in [1.807, 2.05) is 0 Å². The van der Waals surface area contributed by atoms with Gasteiger partial charge in [-0.05, 0) is 6.42 Å². The molecule has 0 aromatic carbocycles. The first-order valence-corrected chi connectivity index (χ1v) is 5.72. The molecule has 1 atom stereocenters. The van der Waals surface area contributed by atoms with Gasteiger partial charge in [0.15, 0.2) is 0 Å². The largest absolute Gasteiger partial charge is 0.468 e. The van der Waals surface area contributed by atoms with Crippen molar-refractivity contribution in [2.45, 2.75) is 45.5 Å². The first-order chi connectivity index (χ1) is 8.81. The zero-order valence-electron chi connectivity index (χ0n) is 10.5. The molecule has 0 radical (unpaired) electrons. The number of imidazole rings is 1. The van der Waals surface area contributed by atoms with Crippen LogP contribution < -0.4 is 5.73 Å². The van der Waals surface area contributed by atoms with Crippen molar-refractivity contribution in [3.05, 3.63) is 18.2 Å². The number of esters is 1. The highest BCUT2D eigenvalue weighted by Crippen LogP contribution is 2.21. The summed E-state index contributed by atoms with van der Waals surface area (Å²) in [5, 5.41) is 0. The fourth-order valence-electron chi connectivity index (χ4n) is 1.56. The maximum absolute atomic E-state index is 12.0. The molecule has 0 saturated heterocycles. The van der Waals surface area contributed by atoms with E-state index in [9.17, 15) is 18.0 Å². The molecule has 0 aliphatic heterocycles. The van der Waals surface area contributed by atoms with Crippen molar-refractivity contribution in [2.75, 3.05) is 7.11 Å². The number of hydrogen-bond donors (Lipinski definition) is 1. The molecular formula is C12H20F3N3O2. The summed E-state index contributed by atoms with van der Waals surface area (Å²) in [6, 6.07) is -0.816.